The number of carboxylic acids is 1. The van der Waals surface area contributed by atoms with Crippen molar-refractivity contribution in [2.75, 3.05) is 19.7 Å². The number of hydrogen-bond acceptors (Lipinski definition) is 3. The predicted molar refractivity (Wildman–Crippen MR) is 57.6 cm³/mol. The van der Waals surface area contributed by atoms with Crippen molar-refractivity contribution in [2.45, 2.75) is 26.2 Å². The Morgan fingerprint density at radius 2 is 2.20 bits per heavy atom. The van der Waals surface area contributed by atoms with E-state index < -0.39 is 5.97 Å². The van der Waals surface area contributed by atoms with Gasteiger partial charge in [-0.3, -0.25) is 0 Å². The second-order valence-electron chi connectivity index (χ2n) is 4.41. The van der Waals surface area contributed by atoms with E-state index in [4.69, 9.17) is 10.2 Å². The molecular weight excluding hydrogens is 194 g/mol. The first-order valence-electron chi connectivity index (χ1n) is 5.30. The molecule has 1 fully saturated rings. The van der Waals surface area contributed by atoms with E-state index in [0.717, 1.165) is 18.5 Å². The zero-order valence-corrected chi connectivity index (χ0v) is 9.12. The minimum absolute atomic E-state index is 0.242. The molecule has 4 heteroatoms. The molecule has 4 nitrogen and oxygen atoms in total. The Hall–Kier alpha value is -0.870. The van der Waals surface area contributed by atoms with E-state index in [-0.39, 0.29) is 12.0 Å². The fourth-order valence-corrected chi connectivity index (χ4v) is 1.72. The zero-order chi connectivity index (χ0) is 11.3. The van der Waals surface area contributed by atoms with E-state index in [0.29, 0.717) is 6.54 Å². The van der Waals surface area contributed by atoms with Gasteiger partial charge in [-0.05, 0) is 31.6 Å². The Morgan fingerprint density at radius 1 is 1.53 bits per heavy atom. The van der Waals surface area contributed by atoms with E-state index in [1.165, 1.54) is 18.9 Å². The molecule has 0 radical (unpaired) electrons. The largest absolute Gasteiger partial charge is 0.478 e. The van der Waals surface area contributed by atoms with Crippen LogP contribution in [0.5, 0.6) is 0 Å². The number of aliphatic hydroxyl groups is 1. The average molecular weight is 213 g/mol. The number of nitrogens with one attached hydrogen (secondary N) is 1. The molecule has 0 atom stereocenters. The number of aliphatic hydroxyl groups excluding tert-OH is 1. The Labute approximate surface area is 90.0 Å². The molecule has 0 unspecified atom stereocenters. The number of carbonyl (C=O) groups is 1. The molecule has 0 spiro atoms. The summed E-state index contributed by atoms with van der Waals surface area (Å²) >= 11 is 0. The summed E-state index contributed by atoms with van der Waals surface area (Å²) < 4.78 is 0. The molecule has 86 valence electrons. The van der Waals surface area contributed by atoms with Gasteiger partial charge in [0.15, 0.2) is 0 Å². The van der Waals surface area contributed by atoms with Crippen LogP contribution < -0.4 is 5.32 Å². The third kappa shape index (κ3) is 4.44. The Bertz CT molecular complexity index is 257. The molecule has 1 saturated carbocycles. The first-order valence-corrected chi connectivity index (χ1v) is 5.30. The van der Waals surface area contributed by atoms with Gasteiger partial charge in [0.25, 0.3) is 0 Å². The Balaban J connectivity index is 2.19. The highest BCUT2D eigenvalue weighted by Gasteiger charge is 2.41. The fourth-order valence-electron chi connectivity index (χ4n) is 1.72. The van der Waals surface area contributed by atoms with Gasteiger partial charge in [0.2, 0.25) is 0 Å². The van der Waals surface area contributed by atoms with Gasteiger partial charge in [0.1, 0.15) is 0 Å². The minimum atomic E-state index is -0.897. The molecule has 0 amide bonds. The minimum Gasteiger partial charge on any atom is -0.478 e. The smallest absolute Gasteiger partial charge is 0.328 e. The average Bonchev–Trinajstić information content (AvgIpc) is 2.84. The summed E-state index contributed by atoms with van der Waals surface area (Å²) in [6, 6.07) is 0. The van der Waals surface area contributed by atoms with Crippen molar-refractivity contribution in [3.05, 3.63) is 11.6 Å². The second kappa shape index (κ2) is 5.28. The van der Waals surface area contributed by atoms with Gasteiger partial charge in [0.05, 0.1) is 0 Å². The van der Waals surface area contributed by atoms with E-state index >= 15 is 0 Å². The molecule has 0 saturated heterocycles. The summed E-state index contributed by atoms with van der Waals surface area (Å²) in [7, 11) is 0. The molecule has 0 aromatic carbocycles. The third-order valence-electron chi connectivity index (χ3n) is 2.87. The predicted octanol–water partition coefficient (Wildman–Crippen LogP) is 0.769. The fraction of sp³-hybridized carbons (Fsp3) is 0.727. The first-order chi connectivity index (χ1) is 7.08. The van der Waals surface area contributed by atoms with Gasteiger partial charge in [-0.2, -0.15) is 0 Å². The molecule has 1 aliphatic carbocycles. The summed E-state index contributed by atoms with van der Waals surface area (Å²) in [6.45, 7) is 3.52. The summed E-state index contributed by atoms with van der Waals surface area (Å²) in [5, 5.41) is 20.6. The second-order valence-corrected chi connectivity index (χ2v) is 4.41. The lowest BCUT2D eigenvalue weighted by Gasteiger charge is -2.14. The highest BCUT2D eigenvalue weighted by molar-refractivity contribution is 5.80. The highest BCUT2D eigenvalue weighted by atomic mass is 16.4. The van der Waals surface area contributed by atoms with Crippen LogP contribution in [0.15, 0.2) is 11.6 Å². The molecular formula is C11H19NO3. The normalized spacial score (nSPS) is 18.9. The molecule has 0 heterocycles. The number of rotatable bonds is 7. The SMILES string of the molecule is CC(=CC(=O)O)CNCC1(CCO)CC1. The Kier molecular flexibility index (Phi) is 4.29. The lowest BCUT2D eigenvalue weighted by molar-refractivity contribution is -0.131. The lowest BCUT2D eigenvalue weighted by Crippen LogP contribution is -2.26. The summed E-state index contributed by atoms with van der Waals surface area (Å²) in [5.74, 6) is -0.897. The van der Waals surface area contributed by atoms with Crippen LogP contribution in [-0.2, 0) is 4.79 Å². The summed E-state index contributed by atoms with van der Waals surface area (Å²) in [6.07, 6.45) is 4.41. The maximum absolute atomic E-state index is 10.3. The van der Waals surface area contributed by atoms with Crippen LogP contribution in [0.3, 0.4) is 0 Å². The van der Waals surface area contributed by atoms with Gasteiger partial charge in [0, 0.05) is 25.8 Å². The van der Waals surface area contributed by atoms with Crippen LogP contribution in [0.4, 0.5) is 0 Å². The third-order valence-corrected chi connectivity index (χ3v) is 2.87. The van der Waals surface area contributed by atoms with Crippen LogP contribution >= 0.6 is 0 Å². The van der Waals surface area contributed by atoms with Crippen LogP contribution in [0.2, 0.25) is 0 Å². The summed E-state index contributed by atoms with van der Waals surface area (Å²) in [4.78, 5) is 10.3. The van der Waals surface area contributed by atoms with Crippen molar-refractivity contribution < 1.29 is 15.0 Å². The van der Waals surface area contributed by atoms with Crippen molar-refractivity contribution in [3.63, 3.8) is 0 Å². The maximum Gasteiger partial charge on any atom is 0.328 e. The molecule has 0 aliphatic heterocycles. The van der Waals surface area contributed by atoms with Crippen LogP contribution in [0.1, 0.15) is 26.2 Å². The topological polar surface area (TPSA) is 69.6 Å². The van der Waals surface area contributed by atoms with E-state index in [1.54, 1.807) is 6.92 Å². The zero-order valence-electron chi connectivity index (χ0n) is 9.12. The van der Waals surface area contributed by atoms with Gasteiger partial charge >= 0.3 is 5.97 Å². The standard InChI is InChI=1S/C11H19NO3/c1-9(6-10(14)15)7-12-8-11(2-3-11)4-5-13/h6,12-13H,2-5,7-8H2,1H3,(H,14,15). The van der Waals surface area contributed by atoms with Gasteiger partial charge in [-0.1, -0.05) is 5.57 Å². The van der Waals surface area contributed by atoms with Crippen molar-refractivity contribution in [2.24, 2.45) is 5.41 Å². The van der Waals surface area contributed by atoms with Crippen molar-refractivity contribution in [3.8, 4) is 0 Å². The molecule has 1 rings (SSSR count). The number of carboxylic acid groups (broad SMARTS) is 1. The van der Waals surface area contributed by atoms with Gasteiger partial charge in [-0.15, -0.1) is 0 Å². The van der Waals surface area contributed by atoms with E-state index in [1.807, 2.05) is 0 Å². The highest BCUT2D eigenvalue weighted by Crippen LogP contribution is 2.47. The van der Waals surface area contributed by atoms with Crippen molar-refractivity contribution in [1.82, 2.24) is 5.32 Å². The molecule has 0 aromatic heterocycles. The van der Waals surface area contributed by atoms with Crippen molar-refractivity contribution in [1.29, 1.82) is 0 Å². The van der Waals surface area contributed by atoms with Gasteiger partial charge < -0.3 is 15.5 Å². The molecule has 0 aromatic rings. The molecule has 3 N–H and O–H groups in total. The van der Waals surface area contributed by atoms with Crippen LogP contribution in [0.25, 0.3) is 0 Å². The van der Waals surface area contributed by atoms with Crippen LogP contribution in [-0.4, -0.2) is 35.9 Å². The quantitative estimate of drug-likeness (QED) is 0.546. The molecule has 15 heavy (non-hydrogen) atoms. The lowest BCUT2D eigenvalue weighted by atomic mass is 10.0. The van der Waals surface area contributed by atoms with Crippen molar-refractivity contribution >= 4 is 5.97 Å². The first kappa shape index (κ1) is 12.2. The summed E-state index contributed by atoms with van der Waals surface area (Å²) in [5.41, 5.74) is 1.11. The van der Waals surface area contributed by atoms with Crippen LogP contribution in [0, 0.1) is 5.41 Å². The number of aliphatic carboxylic acids is 1. The maximum atomic E-state index is 10.3. The van der Waals surface area contributed by atoms with E-state index in [9.17, 15) is 4.79 Å². The monoisotopic (exact) mass is 213 g/mol. The van der Waals surface area contributed by atoms with E-state index in [2.05, 4.69) is 5.32 Å². The molecule has 1 aliphatic rings. The Morgan fingerprint density at radius 3 is 2.67 bits per heavy atom. The van der Waals surface area contributed by atoms with Gasteiger partial charge in [-0.25, -0.2) is 4.79 Å². The molecule has 0 bridgehead atoms. The number of hydrogen-bond donors (Lipinski definition) is 3.